The second-order valence-electron chi connectivity index (χ2n) is 4.56. The fraction of sp³-hybridized carbons (Fsp3) is 0.429. The van der Waals surface area contributed by atoms with E-state index in [1.165, 1.54) is 7.11 Å². The molecule has 0 unspecified atom stereocenters. The van der Waals surface area contributed by atoms with Crippen molar-refractivity contribution < 1.29 is 9.53 Å². The Morgan fingerprint density at radius 3 is 2.74 bits per heavy atom. The zero-order chi connectivity index (χ0) is 13.8. The van der Waals surface area contributed by atoms with Crippen LogP contribution in [0, 0.1) is 17.2 Å². The summed E-state index contributed by atoms with van der Waals surface area (Å²) < 4.78 is 5.68. The normalized spacial score (nSPS) is 15.9. The van der Waals surface area contributed by atoms with Crippen LogP contribution in [-0.4, -0.2) is 26.2 Å². The molecule has 0 aromatic heterocycles. The summed E-state index contributed by atoms with van der Waals surface area (Å²) in [7, 11) is 1.43. The number of anilines is 1. The van der Waals surface area contributed by atoms with Gasteiger partial charge in [-0.2, -0.15) is 5.26 Å². The molecule has 1 heterocycles. The molecule has 0 bridgehead atoms. The summed E-state index contributed by atoms with van der Waals surface area (Å²) >= 11 is 3.37. The van der Waals surface area contributed by atoms with Gasteiger partial charge in [0.05, 0.1) is 24.3 Å². The Morgan fingerprint density at radius 2 is 2.16 bits per heavy atom. The van der Waals surface area contributed by atoms with E-state index < -0.39 is 0 Å². The van der Waals surface area contributed by atoms with E-state index in [2.05, 4.69) is 26.9 Å². The van der Waals surface area contributed by atoms with Crippen molar-refractivity contribution in [2.45, 2.75) is 12.8 Å². The summed E-state index contributed by atoms with van der Waals surface area (Å²) in [4.78, 5) is 13.6. The third-order valence-electron chi connectivity index (χ3n) is 3.45. The van der Waals surface area contributed by atoms with E-state index in [0.717, 1.165) is 36.1 Å². The summed E-state index contributed by atoms with van der Waals surface area (Å²) in [6.07, 6.45) is 1.54. The van der Waals surface area contributed by atoms with Crippen molar-refractivity contribution in [3.05, 3.63) is 28.2 Å². The van der Waals surface area contributed by atoms with Gasteiger partial charge < -0.3 is 9.64 Å². The minimum Gasteiger partial charge on any atom is -0.469 e. The van der Waals surface area contributed by atoms with Crippen molar-refractivity contribution in [3.63, 3.8) is 0 Å². The molecular formula is C14H15BrN2O2. The molecule has 4 nitrogen and oxygen atoms in total. The zero-order valence-electron chi connectivity index (χ0n) is 10.7. The Kier molecular flexibility index (Phi) is 4.43. The zero-order valence-corrected chi connectivity index (χ0v) is 12.3. The van der Waals surface area contributed by atoms with Gasteiger partial charge in [0.15, 0.2) is 0 Å². The van der Waals surface area contributed by atoms with Crippen LogP contribution in [0.25, 0.3) is 0 Å². The van der Waals surface area contributed by atoms with Gasteiger partial charge in [0.2, 0.25) is 0 Å². The average Bonchev–Trinajstić information content (AvgIpc) is 2.46. The predicted octanol–water partition coefficient (Wildman–Crippen LogP) is 2.71. The monoisotopic (exact) mass is 322 g/mol. The number of hydrogen-bond donors (Lipinski definition) is 0. The largest absolute Gasteiger partial charge is 0.469 e. The first-order chi connectivity index (χ1) is 9.15. The van der Waals surface area contributed by atoms with E-state index in [1.54, 1.807) is 0 Å². The van der Waals surface area contributed by atoms with Crippen LogP contribution in [0.1, 0.15) is 18.4 Å². The maximum Gasteiger partial charge on any atom is 0.308 e. The van der Waals surface area contributed by atoms with Crippen molar-refractivity contribution in [1.82, 2.24) is 0 Å². The fourth-order valence-electron chi connectivity index (χ4n) is 2.40. The van der Waals surface area contributed by atoms with Gasteiger partial charge in [-0.3, -0.25) is 4.79 Å². The third-order valence-corrected chi connectivity index (χ3v) is 3.94. The average molecular weight is 323 g/mol. The Morgan fingerprint density at radius 1 is 1.47 bits per heavy atom. The summed E-state index contributed by atoms with van der Waals surface area (Å²) in [6.45, 7) is 1.55. The van der Waals surface area contributed by atoms with Crippen LogP contribution in [0.3, 0.4) is 0 Å². The molecule has 0 spiro atoms. The first-order valence-corrected chi connectivity index (χ1v) is 6.97. The SMILES string of the molecule is COC(=O)C1CCN(c2ccc(Br)cc2C#N)CC1. The topological polar surface area (TPSA) is 53.3 Å². The lowest BCUT2D eigenvalue weighted by Crippen LogP contribution is -2.37. The van der Waals surface area contributed by atoms with E-state index in [9.17, 15) is 10.1 Å². The first kappa shape index (κ1) is 13.9. The number of nitrogens with zero attached hydrogens (tertiary/aromatic N) is 2. The van der Waals surface area contributed by atoms with Crippen molar-refractivity contribution >= 4 is 27.6 Å². The molecule has 100 valence electrons. The predicted molar refractivity (Wildman–Crippen MR) is 75.8 cm³/mol. The maximum atomic E-state index is 11.5. The molecule has 0 amide bonds. The Bertz CT molecular complexity index is 517. The molecule has 1 aromatic rings. The van der Waals surface area contributed by atoms with Crippen LogP contribution < -0.4 is 4.90 Å². The van der Waals surface area contributed by atoms with Crippen LogP contribution >= 0.6 is 15.9 Å². The van der Waals surface area contributed by atoms with Gasteiger partial charge in [-0.05, 0) is 31.0 Å². The highest BCUT2D eigenvalue weighted by molar-refractivity contribution is 9.10. The molecule has 0 aliphatic carbocycles. The maximum absolute atomic E-state index is 11.5. The lowest BCUT2D eigenvalue weighted by molar-refractivity contribution is -0.146. The van der Waals surface area contributed by atoms with E-state index in [4.69, 9.17) is 4.74 Å². The number of carbonyl (C=O) groups excluding carboxylic acids is 1. The van der Waals surface area contributed by atoms with Gasteiger partial charge in [0.25, 0.3) is 0 Å². The molecular weight excluding hydrogens is 308 g/mol. The number of esters is 1. The molecule has 19 heavy (non-hydrogen) atoms. The Hall–Kier alpha value is -1.54. The lowest BCUT2D eigenvalue weighted by atomic mass is 9.96. The van der Waals surface area contributed by atoms with Crippen LogP contribution in [0.2, 0.25) is 0 Å². The fourth-order valence-corrected chi connectivity index (χ4v) is 2.76. The molecule has 5 heteroatoms. The molecule has 0 N–H and O–H groups in total. The molecule has 1 aliphatic heterocycles. The standard InChI is InChI=1S/C14H15BrN2O2/c1-19-14(18)10-4-6-17(7-5-10)13-3-2-12(15)8-11(13)9-16/h2-3,8,10H,4-7H2,1H3. The number of halogens is 1. The number of piperidine rings is 1. The molecule has 0 atom stereocenters. The number of rotatable bonds is 2. The van der Waals surface area contributed by atoms with Gasteiger partial charge in [-0.1, -0.05) is 15.9 Å². The summed E-state index contributed by atoms with van der Waals surface area (Å²) in [5, 5.41) is 9.18. The van der Waals surface area contributed by atoms with E-state index in [1.807, 2.05) is 18.2 Å². The molecule has 1 saturated heterocycles. The third kappa shape index (κ3) is 3.07. The van der Waals surface area contributed by atoms with E-state index in [0.29, 0.717) is 5.56 Å². The number of ether oxygens (including phenoxy) is 1. The summed E-state index contributed by atoms with van der Waals surface area (Å²) in [5.41, 5.74) is 1.60. The van der Waals surface area contributed by atoms with Gasteiger partial charge in [0, 0.05) is 17.6 Å². The molecule has 0 saturated carbocycles. The van der Waals surface area contributed by atoms with Crippen LogP contribution in [0.4, 0.5) is 5.69 Å². The summed E-state index contributed by atoms with van der Waals surface area (Å²) in [5.74, 6) is -0.141. The van der Waals surface area contributed by atoms with Gasteiger partial charge in [0.1, 0.15) is 6.07 Å². The smallest absolute Gasteiger partial charge is 0.308 e. The Balaban J connectivity index is 2.10. The second-order valence-corrected chi connectivity index (χ2v) is 5.47. The van der Waals surface area contributed by atoms with Crippen LogP contribution in [0.5, 0.6) is 0 Å². The van der Waals surface area contributed by atoms with Crippen molar-refractivity contribution in [2.24, 2.45) is 5.92 Å². The lowest BCUT2D eigenvalue weighted by Gasteiger charge is -2.32. The van der Waals surface area contributed by atoms with E-state index >= 15 is 0 Å². The number of methoxy groups -OCH3 is 1. The van der Waals surface area contributed by atoms with Crippen molar-refractivity contribution in [1.29, 1.82) is 5.26 Å². The minimum absolute atomic E-state index is 0.0118. The highest BCUT2D eigenvalue weighted by Gasteiger charge is 2.26. The van der Waals surface area contributed by atoms with Gasteiger partial charge in [-0.15, -0.1) is 0 Å². The highest BCUT2D eigenvalue weighted by Crippen LogP contribution is 2.28. The van der Waals surface area contributed by atoms with Crippen molar-refractivity contribution in [3.8, 4) is 6.07 Å². The minimum atomic E-state index is -0.129. The van der Waals surface area contributed by atoms with Gasteiger partial charge >= 0.3 is 5.97 Å². The molecule has 1 aromatic carbocycles. The molecule has 1 aliphatic rings. The van der Waals surface area contributed by atoms with Crippen LogP contribution in [-0.2, 0) is 9.53 Å². The first-order valence-electron chi connectivity index (χ1n) is 6.18. The van der Waals surface area contributed by atoms with Gasteiger partial charge in [-0.25, -0.2) is 0 Å². The van der Waals surface area contributed by atoms with E-state index in [-0.39, 0.29) is 11.9 Å². The summed E-state index contributed by atoms with van der Waals surface area (Å²) in [6, 6.07) is 7.92. The van der Waals surface area contributed by atoms with Crippen LogP contribution in [0.15, 0.2) is 22.7 Å². The van der Waals surface area contributed by atoms with Crippen molar-refractivity contribution in [2.75, 3.05) is 25.1 Å². The number of hydrogen-bond acceptors (Lipinski definition) is 4. The molecule has 2 rings (SSSR count). The quantitative estimate of drug-likeness (QED) is 0.785. The number of carbonyl (C=O) groups is 1. The highest BCUT2D eigenvalue weighted by atomic mass is 79.9. The second kappa shape index (κ2) is 6.07. The molecule has 1 fully saturated rings. The Labute approximate surface area is 121 Å². The molecule has 0 radical (unpaired) electrons. The number of benzene rings is 1. The number of nitriles is 1.